The molecule has 4 rings (SSSR count). The smallest absolute Gasteiger partial charge is 0.309 e. The van der Waals surface area contributed by atoms with Crippen LogP contribution in [0.15, 0.2) is 53.3 Å². The molecular weight excluding hydrogens is 412 g/mol. The molecule has 1 aliphatic carbocycles. The van der Waals surface area contributed by atoms with Crippen LogP contribution in [0.1, 0.15) is 37.4 Å². The van der Waals surface area contributed by atoms with E-state index >= 15 is 0 Å². The number of aliphatic carboxylic acids is 1. The van der Waals surface area contributed by atoms with E-state index in [1.165, 1.54) is 0 Å². The molecule has 0 saturated heterocycles. The third-order valence-corrected chi connectivity index (χ3v) is 5.98. The molecule has 2 atom stereocenters. The van der Waals surface area contributed by atoms with Crippen molar-refractivity contribution in [2.75, 3.05) is 5.32 Å². The number of hydrogen-bond acceptors (Lipinski definition) is 6. The highest BCUT2D eigenvalue weighted by atomic mass is 16.4. The highest BCUT2D eigenvalue weighted by Gasteiger charge is 2.28. The first-order valence-electron chi connectivity index (χ1n) is 10.6. The van der Waals surface area contributed by atoms with Crippen LogP contribution in [0.25, 0.3) is 10.9 Å². The molecule has 1 saturated carbocycles. The van der Waals surface area contributed by atoms with E-state index in [0.717, 1.165) is 23.9 Å². The van der Waals surface area contributed by atoms with Gasteiger partial charge in [-0.25, -0.2) is 4.68 Å². The summed E-state index contributed by atoms with van der Waals surface area (Å²) >= 11 is 0. The molecule has 0 radical (unpaired) electrons. The van der Waals surface area contributed by atoms with Crippen LogP contribution in [-0.4, -0.2) is 37.1 Å². The van der Waals surface area contributed by atoms with Gasteiger partial charge in [0.25, 0.3) is 5.56 Å². The lowest BCUT2D eigenvalue weighted by atomic mass is 9.85. The molecule has 3 aromatic rings. The molecule has 9 nitrogen and oxygen atoms in total. The number of carbonyl (C=O) groups excluding carboxylic acids is 1. The molecule has 2 aromatic carbocycles. The van der Waals surface area contributed by atoms with Crippen molar-refractivity contribution in [3.05, 3.63) is 64.4 Å². The molecule has 3 N–H and O–H groups in total. The Bertz CT molecular complexity index is 1190. The summed E-state index contributed by atoms with van der Waals surface area (Å²) in [5, 5.41) is 31.4. The van der Waals surface area contributed by atoms with Crippen molar-refractivity contribution < 1.29 is 19.8 Å². The molecule has 1 fully saturated rings. The molecule has 9 heteroatoms. The van der Waals surface area contributed by atoms with E-state index in [1.807, 2.05) is 0 Å². The predicted molar refractivity (Wildman–Crippen MR) is 117 cm³/mol. The molecule has 0 aliphatic heterocycles. The Labute approximate surface area is 183 Å². The number of nitrogens with one attached hydrogen (secondary N) is 1. The van der Waals surface area contributed by atoms with Crippen molar-refractivity contribution in [2.45, 2.75) is 38.3 Å². The second kappa shape index (κ2) is 9.27. The van der Waals surface area contributed by atoms with Crippen LogP contribution in [-0.2, 0) is 16.1 Å². The van der Waals surface area contributed by atoms with Crippen LogP contribution >= 0.6 is 0 Å². The van der Waals surface area contributed by atoms with E-state index in [2.05, 4.69) is 15.6 Å². The fraction of sp³-hybridized carbons (Fsp3) is 0.348. The number of nitrogens with zero attached hydrogens (tertiary/aromatic N) is 3. The quantitative estimate of drug-likeness (QED) is 0.493. The lowest BCUT2D eigenvalue weighted by Gasteiger charge is -2.24. The van der Waals surface area contributed by atoms with E-state index in [1.54, 1.807) is 48.5 Å². The van der Waals surface area contributed by atoms with Crippen LogP contribution < -0.4 is 10.9 Å². The summed E-state index contributed by atoms with van der Waals surface area (Å²) in [6.45, 7) is 0.000222. The molecular formula is C23H24N4O5. The largest absolute Gasteiger partial charge is 0.481 e. The van der Waals surface area contributed by atoms with Crippen molar-refractivity contribution in [1.29, 1.82) is 0 Å². The van der Waals surface area contributed by atoms with Crippen LogP contribution in [0.3, 0.4) is 0 Å². The number of amides is 1. The standard InChI is InChI=1S/C23H24N4O5/c28-20(14-8-10-16(11-9-14)24-21(29)15-4-3-5-15)18(23(31)32)12-13-27-22(30)17-6-1-2-7-19(17)25-26-27/h1-2,6-11,15,18,20,28H,3-5,12-13H2,(H,24,29)(H,31,32)/t18-,20+/m0/s1. The fourth-order valence-corrected chi connectivity index (χ4v) is 3.76. The average Bonchev–Trinajstić information content (AvgIpc) is 2.74. The maximum Gasteiger partial charge on any atom is 0.309 e. The molecule has 1 aliphatic rings. The van der Waals surface area contributed by atoms with Crippen LogP contribution in [0.5, 0.6) is 0 Å². The monoisotopic (exact) mass is 436 g/mol. The number of hydrogen-bond donors (Lipinski definition) is 3. The molecule has 1 heterocycles. The van der Waals surface area contributed by atoms with E-state index in [0.29, 0.717) is 22.2 Å². The molecule has 1 aromatic heterocycles. The minimum Gasteiger partial charge on any atom is -0.481 e. The van der Waals surface area contributed by atoms with Crippen molar-refractivity contribution in [1.82, 2.24) is 15.0 Å². The average molecular weight is 436 g/mol. The molecule has 166 valence electrons. The Morgan fingerprint density at radius 1 is 1.12 bits per heavy atom. The number of aromatic nitrogens is 3. The lowest BCUT2D eigenvalue weighted by Crippen LogP contribution is -2.29. The third kappa shape index (κ3) is 4.52. The first kappa shape index (κ1) is 21.6. The Kier molecular flexibility index (Phi) is 6.27. The molecule has 0 unspecified atom stereocenters. The molecule has 0 bridgehead atoms. The van der Waals surface area contributed by atoms with Gasteiger partial charge in [-0.3, -0.25) is 14.4 Å². The highest BCUT2D eigenvalue weighted by molar-refractivity contribution is 5.93. The maximum atomic E-state index is 12.6. The molecule has 0 spiro atoms. The van der Waals surface area contributed by atoms with E-state index in [9.17, 15) is 24.6 Å². The molecule has 1 amide bonds. The maximum absolute atomic E-state index is 12.6. The number of aliphatic hydroxyl groups is 1. The summed E-state index contributed by atoms with van der Waals surface area (Å²) in [7, 11) is 0. The van der Waals surface area contributed by atoms with E-state index in [4.69, 9.17) is 0 Å². The van der Waals surface area contributed by atoms with Gasteiger partial charge in [-0.05, 0) is 49.1 Å². The van der Waals surface area contributed by atoms with E-state index in [-0.39, 0.29) is 30.3 Å². The first-order chi connectivity index (χ1) is 15.4. The lowest BCUT2D eigenvalue weighted by molar-refractivity contribution is -0.146. The number of anilines is 1. The third-order valence-electron chi connectivity index (χ3n) is 5.98. The predicted octanol–water partition coefficient (Wildman–Crippen LogP) is 2.35. The number of benzene rings is 2. The van der Waals surface area contributed by atoms with Crippen molar-refractivity contribution >= 4 is 28.5 Å². The van der Waals surface area contributed by atoms with Gasteiger partial charge >= 0.3 is 5.97 Å². The summed E-state index contributed by atoms with van der Waals surface area (Å²) in [6.07, 6.45) is 1.56. The topological polar surface area (TPSA) is 134 Å². The first-order valence-corrected chi connectivity index (χ1v) is 10.6. The zero-order valence-corrected chi connectivity index (χ0v) is 17.3. The second-order valence-electron chi connectivity index (χ2n) is 8.05. The van der Waals surface area contributed by atoms with Crippen LogP contribution in [0.2, 0.25) is 0 Å². The number of fused-ring (bicyclic) bond motifs is 1. The zero-order valence-electron chi connectivity index (χ0n) is 17.3. The van der Waals surface area contributed by atoms with Gasteiger partial charge in [-0.1, -0.05) is 35.9 Å². The highest BCUT2D eigenvalue weighted by Crippen LogP contribution is 2.29. The summed E-state index contributed by atoms with van der Waals surface area (Å²) in [6, 6.07) is 13.3. The summed E-state index contributed by atoms with van der Waals surface area (Å²) in [4.78, 5) is 36.4. The van der Waals surface area contributed by atoms with Gasteiger partial charge in [0.15, 0.2) is 0 Å². The van der Waals surface area contributed by atoms with Gasteiger partial charge in [0.1, 0.15) is 5.52 Å². The van der Waals surface area contributed by atoms with Gasteiger partial charge < -0.3 is 15.5 Å². The Balaban J connectivity index is 1.44. The van der Waals surface area contributed by atoms with Crippen LogP contribution in [0.4, 0.5) is 5.69 Å². The van der Waals surface area contributed by atoms with Crippen molar-refractivity contribution in [3.63, 3.8) is 0 Å². The minimum absolute atomic E-state index is 0.000222. The van der Waals surface area contributed by atoms with Crippen LogP contribution in [0, 0.1) is 11.8 Å². The van der Waals surface area contributed by atoms with Crippen molar-refractivity contribution in [2.24, 2.45) is 11.8 Å². The number of carboxylic acid groups (broad SMARTS) is 1. The summed E-state index contributed by atoms with van der Waals surface area (Å²) < 4.78 is 1.12. The number of aliphatic hydroxyl groups excluding tert-OH is 1. The van der Waals surface area contributed by atoms with Gasteiger partial charge in [-0.15, -0.1) is 5.10 Å². The fourth-order valence-electron chi connectivity index (χ4n) is 3.76. The summed E-state index contributed by atoms with van der Waals surface area (Å²) in [5.41, 5.74) is 1.12. The van der Waals surface area contributed by atoms with Gasteiger partial charge in [0, 0.05) is 18.2 Å². The number of rotatable bonds is 8. The second-order valence-corrected chi connectivity index (χ2v) is 8.05. The molecule has 32 heavy (non-hydrogen) atoms. The van der Waals surface area contributed by atoms with E-state index < -0.39 is 18.0 Å². The SMILES string of the molecule is O=C(Nc1ccc([C@@H](O)[C@H](CCn2nnc3ccccc3c2=O)C(=O)O)cc1)C1CCC1. The Hall–Kier alpha value is -3.59. The van der Waals surface area contributed by atoms with Gasteiger partial charge in [0.05, 0.1) is 17.4 Å². The number of aryl methyl sites for hydroxylation is 1. The number of carboxylic acids is 1. The van der Waals surface area contributed by atoms with Crippen molar-refractivity contribution in [3.8, 4) is 0 Å². The van der Waals surface area contributed by atoms with Gasteiger partial charge in [0.2, 0.25) is 5.91 Å². The normalized spacial score (nSPS) is 15.7. The Morgan fingerprint density at radius 3 is 2.50 bits per heavy atom. The number of carbonyl (C=O) groups is 2. The Morgan fingerprint density at radius 2 is 1.84 bits per heavy atom. The zero-order chi connectivity index (χ0) is 22.7. The van der Waals surface area contributed by atoms with Gasteiger partial charge in [-0.2, -0.15) is 0 Å². The summed E-state index contributed by atoms with van der Waals surface area (Å²) in [5.74, 6) is -2.29. The minimum atomic E-state index is -1.28.